The number of nitrogens with zero attached hydrogens (tertiary/aromatic N) is 2. The van der Waals surface area contributed by atoms with E-state index in [0.29, 0.717) is 39.5 Å². The predicted octanol–water partition coefficient (Wildman–Crippen LogP) is 4.10. The molecule has 1 fully saturated rings. The summed E-state index contributed by atoms with van der Waals surface area (Å²) in [7, 11) is 1.57. The largest absolute Gasteiger partial charge is 0.383 e. The molecule has 1 saturated heterocycles. The Hall–Kier alpha value is -2.19. The van der Waals surface area contributed by atoms with Crippen LogP contribution in [0.25, 0.3) is 5.57 Å². The lowest BCUT2D eigenvalue weighted by molar-refractivity contribution is -0.123. The molecule has 2 aromatic carbocycles. The van der Waals surface area contributed by atoms with E-state index in [-0.39, 0.29) is 11.8 Å². The maximum Gasteiger partial charge on any atom is 0.267 e. The third kappa shape index (κ3) is 3.59. The summed E-state index contributed by atoms with van der Waals surface area (Å²) in [5.41, 5.74) is 2.72. The highest BCUT2D eigenvalue weighted by molar-refractivity contribution is 8.26. The van der Waals surface area contributed by atoms with Crippen LogP contribution in [0.15, 0.2) is 53.4 Å². The van der Waals surface area contributed by atoms with Crippen LogP contribution in [-0.2, 0) is 20.9 Å². The van der Waals surface area contributed by atoms with E-state index < -0.39 is 0 Å². The van der Waals surface area contributed by atoms with Gasteiger partial charge in [-0.05, 0) is 17.7 Å². The number of fused-ring (bicyclic) bond motifs is 1. The summed E-state index contributed by atoms with van der Waals surface area (Å²) >= 11 is 12.8. The molecule has 2 aliphatic heterocycles. The van der Waals surface area contributed by atoms with Gasteiger partial charge in [-0.1, -0.05) is 72.0 Å². The second kappa shape index (κ2) is 8.28. The van der Waals surface area contributed by atoms with E-state index in [0.717, 1.165) is 16.8 Å². The van der Waals surface area contributed by atoms with Crippen LogP contribution in [0.5, 0.6) is 0 Å². The van der Waals surface area contributed by atoms with Gasteiger partial charge in [0.1, 0.15) is 4.32 Å². The fourth-order valence-electron chi connectivity index (χ4n) is 3.38. The first-order valence-corrected chi connectivity index (χ1v) is 10.5. The molecule has 0 unspecified atom stereocenters. The monoisotopic (exact) mass is 444 g/mol. The Morgan fingerprint density at radius 2 is 1.76 bits per heavy atom. The lowest BCUT2D eigenvalue weighted by Gasteiger charge is -2.18. The molecule has 2 heterocycles. The summed E-state index contributed by atoms with van der Waals surface area (Å²) in [6, 6.07) is 14.9. The summed E-state index contributed by atoms with van der Waals surface area (Å²) in [6.45, 7) is 1.05. The lowest BCUT2D eigenvalue weighted by Crippen LogP contribution is -2.32. The maximum atomic E-state index is 13.4. The highest BCUT2D eigenvalue weighted by Gasteiger charge is 2.41. The van der Waals surface area contributed by atoms with Crippen LogP contribution < -0.4 is 4.90 Å². The van der Waals surface area contributed by atoms with Crippen LogP contribution in [0.2, 0.25) is 5.02 Å². The Kier molecular flexibility index (Phi) is 5.74. The number of para-hydroxylation sites is 1. The van der Waals surface area contributed by atoms with Crippen molar-refractivity contribution < 1.29 is 14.3 Å². The smallest absolute Gasteiger partial charge is 0.267 e. The Balaban J connectivity index is 1.75. The van der Waals surface area contributed by atoms with Crippen LogP contribution in [0.3, 0.4) is 0 Å². The van der Waals surface area contributed by atoms with E-state index in [1.54, 1.807) is 18.1 Å². The van der Waals surface area contributed by atoms with E-state index in [2.05, 4.69) is 0 Å². The number of amides is 2. The van der Waals surface area contributed by atoms with E-state index in [1.165, 1.54) is 16.7 Å². The first-order valence-electron chi connectivity index (χ1n) is 8.94. The summed E-state index contributed by atoms with van der Waals surface area (Å²) in [6.07, 6.45) is 0. The molecule has 0 aromatic heterocycles. The molecule has 2 amide bonds. The average molecular weight is 445 g/mol. The van der Waals surface area contributed by atoms with E-state index in [4.69, 9.17) is 28.6 Å². The standard InChI is InChI=1S/C21H17ClN2O3S2/c1-27-11-10-23-20(26)18(29-21(23)28)17-14-7-3-5-9-16(14)24(19(17)25)12-13-6-2-4-8-15(13)22/h2-9H,10-12H2,1H3. The minimum atomic E-state index is -0.255. The van der Waals surface area contributed by atoms with Gasteiger partial charge < -0.3 is 9.64 Å². The Morgan fingerprint density at radius 1 is 1.03 bits per heavy atom. The van der Waals surface area contributed by atoms with Crippen molar-refractivity contribution in [1.82, 2.24) is 4.90 Å². The van der Waals surface area contributed by atoms with Gasteiger partial charge in [0.05, 0.1) is 35.9 Å². The number of carbonyl (C=O) groups excluding carboxylic acids is 2. The SMILES string of the molecule is COCCN1C(=O)C(=C2C(=O)N(Cc3ccccc3Cl)c3ccccc32)SC1=S. The Morgan fingerprint density at radius 3 is 2.52 bits per heavy atom. The number of methoxy groups -OCH3 is 1. The number of hydrogen-bond donors (Lipinski definition) is 0. The molecule has 29 heavy (non-hydrogen) atoms. The van der Waals surface area contributed by atoms with Crippen molar-refractivity contribution in [2.75, 3.05) is 25.2 Å². The molecule has 2 aromatic rings. The van der Waals surface area contributed by atoms with Crippen molar-refractivity contribution in [3.8, 4) is 0 Å². The number of thioether (sulfide) groups is 1. The Bertz CT molecular complexity index is 1050. The topological polar surface area (TPSA) is 49.9 Å². The molecular weight excluding hydrogens is 428 g/mol. The van der Waals surface area contributed by atoms with Crippen molar-refractivity contribution >= 4 is 63.0 Å². The van der Waals surface area contributed by atoms with Gasteiger partial charge in [-0.3, -0.25) is 14.5 Å². The van der Waals surface area contributed by atoms with Crippen molar-refractivity contribution in [3.05, 3.63) is 69.6 Å². The predicted molar refractivity (Wildman–Crippen MR) is 120 cm³/mol. The molecule has 2 aliphatic rings. The van der Waals surface area contributed by atoms with Crippen molar-refractivity contribution in [3.63, 3.8) is 0 Å². The number of halogens is 1. The third-order valence-corrected chi connectivity index (χ3v) is 6.62. The molecule has 0 saturated carbocycles. The minimum absolute atomic E-state index is 0.224. The molecule has 0 atom stereocenters. The second-order valence-electron chi connectivity index (χ2n) is 6.52. The molecule has 0 spiro atoms. The number of thiocarbonyl (C=S) groups is 1. The second-order valence-corrected chi connectivity index (χ2v) is 8.57. The molecule has 8 heteroatoms. The zero-order chi connectivity index (χ0) is 20.5. The number of hydrogen-bond acceptors (Lipinski definition) is 5. The number of anilines is 1. The van der Waals surface area contributed by atoms with Crippen LogP contribution in [0, 0.1) is 0 Å². The molecule has 4 rings (SSSR count). The zero-order valence-electron chi connectivity index (χ0n) is 15.6. The molecule has 0 bridgehead atoms. The Labute approximate surface area is 183 Å². The quantitative estimate of drug-likeness (QED) is 0.513. The van der Waals surface area contributed by atoms with E-state index >= 15 is 0 Å². The first-order chi connectivity index (χ1) is 14.0. The third-order valence-electron chi connectivity index (χ3n) is 4.80. The maximum absolute atomic E-state index is 13.4. The van der Waals surface area contributed by atoms with Crippen LogP contribution >= 0.6 is 35.6 Å². The van der Waals surface area contributed by atoms with Crippen molar-refractivity contribution in [2.24, 2.45) is 0 Å². The molecule has 0 N–H and O–H groups in total. The van der Waals surface area contributed by atoms with Gasteiger partial charge in [0.15, 0.2) is 0 Å². The summed E-state index contributed by atoms with van der Waals surface area (Å²) in [5.74, 6) is -0.479. The number of benzene rings is 2. The summed E-state index contributed by atoms with van der Waals surface area (Å²) in [5, 5.41) is 0.595. The van der Waals surface area contributed by atoms with Crippen LogP contribution in [0.1, 0.15) is 11.1 Å². The molecule has 148 valence electrons. The zero-order valence-corrected chi connectivity index (χ0v) is 17.9. The molecule has 0 aliphatic carbocycles. The lowest BCUT2D eigenvalue weighted by atomic mass is 10.1. The van der Waals surface area contributed by atoms with E-state index in [9.17, 15) is 9.59 Å². The average Bonchev–Trinajstić information content (AvgIpc) is 3.15. The highest BCUT2D eigenvalue weighted by Crippen LogP contribution is 2.45. The van der Waals surface area contributed by atoms with Gasteiger partial charge in [0.25, 0.3) is 11.8 Å². The molecule has 0 radical (unpaired) electrons. The molecular formula is C21H17ClN2O3S2. The summed E-state index contributed by atoms with van der Waals surface area (Å²) < 4.78 is 5.50. The normalized spacial score (nSPS) is 18.8. The van der Waals surface area contributed by atoms with Gasteiger partial charge in [0, 0.05) is 17.7 Å². The van der Waals surface area contributed by atoms with Crippen LogP contribution in [-0.4, -0.2) is 41.3 Å². The van der Waals surface area contributed by atoms with Crippen LogP contribution in [0.4, 0.5) is 5.69 Å². The number of carbonyl (C=O) groups is 2. The molecule has 5 nitrogen and oxygen atoms in total. The fraction of sp³-hybridized carbons (Fsp3) is 0.190. The van der Waals surface area contributed by atoms with Gasteiger partial charge in [-0.2, -0.15) is 0 Å². The summed E-state index contributed by atoms with van der Waals surface area (Å²) in [4.78, 5) is 29.9. The van der Waals surface area contributed by atoms with Gasteiger partial charge in [0.2, 0.25) is 0 Å². The van der Waals surface area contributed by atoms with Crippen molar-refractivity contribution in [1.29, 1.82) is 0 Å². The first kappa shape index (κ1) is 20.1. The fourth-order valence-corrected chi connectivity index (χ4v) is 4.95. The van der Waals surface area contributed by atoms with Gasteiger partial charge in [-0.15, -0.1) is 0 Å². The van der Waals surface area contributed by atoms with E-state index in [1.807, 2.05) is 42.5 Å². The number of rotatable bonds is 5. The highest BCUT2D eigenvalue weighted by atomic mass is 35.5. The minimum Gasteiger partial charge on any atom is -0.383 e. The number of ether oxygens (including phenoxy) is 1. The van der Waals surface area contributed by atoms with Crippen molar-refractivity contribution in [2.45, 2.75) is 6.54 Å². The van der Waals surface area contributed by atoms with Gasteiger partial charge >= 0.3 is 0 Å². The van der Waals surface area contributed by atoms with Gasteiger partial charge in [-0.25, -0.2) is 0 Å².